The third kappa shape index (κ3) is 8.14. The fourth-order valence-corrected chi connectivity index (χ4v) is 4.73. The van der Waals surface area contributed by atoms with Crippen LogP contribution in [0.2, 0.25) is 5.02 Å². The summed E-state index contributed by atoms with van der Waals surface area (Å²) >= 11 is 6.12. The van der Waals surface area contributed by atoms with Gasteiger partial charge in [0.05, 0.1) is 19.1 Å². The molecule has 0 aliphatic heterocycles. The average molecular weight is 524 g/mol. The second-order valence-electron chi connectivity index (χ2n) is 8.12. The minimum absolute atomic E-state index is 0.155. The van der Waals surface area contributed by atoms with Gasteiger partial charge in [-0.2, -0.15) is 0 Å². The third-order valence-electron chi connectivity index (χ3n) is 5.51. The van der Waals surface area contributed by atoms with Gasteiger partial charge < -0.3 is 15.0 Å². The van der Waals surface area contributed by atoms with E-state index >= 15 is 0 Å². The normalized spacial score (nSPS) is 12.0. The number of hydrogen-bond donors (Lipinski definition) is 1. The van der Waals surface area contributed by atoms with Crippen molar-refractivity contribution >= 4 is 39.1 Å². The number of ether oxygens (including phenoxy) is 1. The van der Waals surface area contributed by atoms with Crippen molar-refractivity contribution in [3.8, 4) is 5.75 Å². The summed E-state index contributed by atoms with van der Waals surface area (Å²) in [6.45, 7) is 4.02. The Bertz CT molecular complexity index is 1100. The molecule has 0 unspecified atom stereocenters. The van der Waals surface area contributed by atoms with Gasteiger partial charge >= 0.3 is 0 Å². The van der Waals surface area contributed by atoms with Gasteiger partial charge in [0.1, 0.15) is 18.3 Å². The smallest absolute Gasteiger partial charge is 0.244 e. The van der Waals surface area contributed by atoms with Gasteiger partial charge in [0.15, 0.2) is 0 Å². The number of benzene rings is 2. The van der Waals surface area contributed by atoms with Crippen LogP contribution >= 0.6 is 11.6 Å². The van der Waals surface area contributed by atoms with Crippen LogP contribution in [0.4, 0.5) is 5.69 Å². The Morgan fingerprint density at radius 1 is 1.11 bits per heavy atom. The highest BCUT2D eigenvalue weighted by atomic mass is 35.5. The van der Waals surface area contributed by atoms with Crippen molar-refractivity contribution < 1.29 is 22.7 Å². The number of hydrogen-bond acceptors (Lipinski definition) is 5. The molecule has 2 amide bonds. The predicted octanol–water partition coefficient (Wildman–Crippen LogP) is 3.49. The zero-order valence-electron chi connectivity index (χ0n) is 20.7. The van der Waals surface area contributed by atoms with E-state index in [1.165, 1.54) is 18.1 Å². The number of rotatable bonds is 13. The van der Waals surface area contributed by atoms with Crippen molar-refractivity contribution in [1.82, 2.24) is 10.2 Å². The highest BCUT2D eigenvalue weighted by Gasteiger charge is 2.32. The Labute approximate surface area is 213 Å². The number of halogens is 1. The lowest BCUT2D eigenvalue weighted by atomic mass is 10.1. The van der Waals surface area contributed by atoms with Gasteiger partial charge in [-0.25, -0.2) is 8.42 Å². The van der Waals surface area contributed by atoms with Crippen LogP contribution in [0.15, 0.2) is 48.5 Å². The lowest BCUT2D eigenvalue weighted by molar-refractivity contribution is -0.139. The summed E-state index contributed by atoms with van der Waals surface area (Å²) in [7, 11) is -2.47. The number of methoxy groups -OCH3 is 1. The van der Waals surface area contributed by atoms with Crippen LogP contribution in [-0.4, -0.2) is 64.2 Å². The zero-order chi connectivity index (χ0) is 26.0. The summed E-state index contributed by atoms with van der Waals surface area (Å²) in [5.74, 6) is -0.495. The Morgan fingerprint density at radius 2 is 1.80 bits per heavy atom. The Hall–Kier alpha value is -2.78. The molecule has 8 nitrogen and oxygen atoms in total. The van der Waals surface area contributed by atoms with Crippen LogP contribution in [0.25, 0.3) is 0 Å². The van der Waals surface area contributed by atoms with Crippen molar-refractivity contribution in [2.75, 3.05) is 37.3 Å². The molecule has 192 valence electrons. The molecule has 35 heavy (non-hydrogen) atoms. The number of amides is 2. The standard InChI is InChI=1S/C25H34ClN3O5S/c1-5-15-27-25(31)21(6-2)28(16-14-19-10-8-7-9-11-19)24(30)18-29(35(4,32)33)22-17-20(26)12-13-23(22)34-3/h7-13,17,21H,5-6,14-16,18H2,1-4H3,(H,27,31)/t21-/m1/s1. The highest BCUT2D eigenvalue weighted by molar-refractivity contribution is 7.92. The molecule has 0 fully saturated rings. The maximum absolute atomic E-state index is 13.6. The van der Waals surface area contributed by atoms with Crippen molar-refractivity contribution in [3.63, 3.8) is 0 Å². The fourth-order valence-electron chi connectivity index (χ4n) is 3.71. The van der Waals surface area contributed by atoms with Crippen LogP contribution in [0.3, 0.4) is 0 Å². The van der Waals surface area contributed by atoms with Crippen LogP contribution in [0, 0.1) is 0 Å². The molecule has 0 saturated heterocycles. The Balaban J connectivity index is 2.41. The van der Waals surface area contributed by atoms with E-state index in [2.05, 4.69) is 5.32 Å². The number of carbonyl (C=O) groups is 2. The molecule has 10 heteroatoms. The summed E-state index contributed by atoms with van der Waals surface area (Å²) in [5, 5.41) is 3.15. The molecule has 0 bridgehead atoms. The molecule has 0 spiro atoms. The second-order valence-corrected chi connectivity index (χ2v) is 10.5. The second kappa shape index (κ2) is 13.3. The molecule has 0 heterocycles. The van der Waals surface area contributed by atoms with E-state index in [0.29, 0.717) is 24.4 Å². The van der Waals surface area contributed by atoms with E-state index in [-0.39, 0.29) is 23.9 Å². The van der Waals surface area contributed by atoms with E-state index in [1.807, 2.05) is 44.2 Å². The molecule has 2 aromatic carbocycles. The zero-order valence-corrected chi connectivity index (χ0v) is 22.2. The van der Waals surface area contributed by atoms with E-state index < -0.39 is 28.5 Å². The molecule has 2 rings (SSSR count). The summed E-state index contributed by atoms with van der Waals surface area (Å²) in [5.41, 5.74) is 1.16. The van der Waals surface area contributed by atoms with Gasteiger partial charge in [0, 0.05) is 18.1 Å². The molecule has 0 aliphatic carbocycles. The first-order valence-corrected chi connectivity index (χ1v) is 13.8. The van der Waals surface area contributed by atoms with Crippen LogP contribution in [0.5, 0.6) is 5.75 Å². The van der Waals surface area contributed by atoms with Crippen molar-refractivity contribution in [2.24, 2.45) is 0 Å². The van der Waals surface area contributed by atoms with Crippen LogP contribution < -0.4 is 14.4 Å². The average Bonchev–Trinajstić information content (AvgIpc) is 2.83. The van der Waals surface area contributed by atoms with Gasteiger partial charge in [-0.1, -0.05) is 55.8 Å². The number of sulfonamides is 1. The van der Waals surface area contributed by atoms with Gasteiger partial charge in [-0.3, -0.25) is 13.9 Å². The first-order valence-electron chi connectivity index (χ1n) is 11.5. The Kier molecular flexibility index (Phi) is 10.9. The monoisotopic (exact) mass is 523 g/mol. The Morgan fingerprint density at radius 3 is 2.37 bits per heavy atom. The summed E-state index contributed by atoms with van der Waals surface area (Å²) in [6.07, 6.45) is 2.68. The van der Waals surface area contributed by atoms with Gasteiger partial charge in [0.25, 0.3) is 0 Å². The molecule has 0 aliphatic rings. The third-order valence-corrected chi connectivity index (χ3v) is 6.87. The van der Waals surface area contributed by atoms with Crippen molar-refractivity contribution in [2.45, 2.75) is 39.2 Å². The molecule has 2 aromatic rings. The quantitative estimate of drug-likeness (QED) is 0.433. The number of nitrogens with zero attached hydrogens (tertiary/aromatic N) is 2. The SMILES string of the molecule is CCCNC(=O)[C@@H](CC)N(CCc1ccccc1)C(=O)CN(c1cc(Cl)ccc1OC)S(C)(=O)=O. The first kappa shape index (κ1) is 28.5. The molecular weight excluding hydrogens is 490 g/mol. The van der Waals surface area contributed by atoms with E-state index in [9.17, 15) is 18.0 Å². The van der Waals surface area contributed by atoms with Crippen LogP contribution in [-0.2, 0) is 26.0 Å². The van der Waals surface area contributed by atoms with E-state index in [0.717, 1.165) is 22.5 Å². The van der Waals surface area contributed by atoms with E-state index in [4.69, 9.17) is 16.3 Å². The highest BCUT2D eigenvalue weighted by Crippen LogP contribution is 2.33. The van der Waals surface area contributed by atoms with Crippen molar-refractivity contribution in [1.29, 1.82) is 0 Å². The molecule has 1 atom stereocenters. The van der Waals surface area contributed by atoms with Crippen LogP contribution in [0.1, 0.15) is 32.3 Å². The maximum atomic E-state index is 13.6. The molecular formula is C25H34ClN3O5S. The summed E-state index contributed by atoms with van der Waals surface area (Å²) in [4.78, 5) is 28.0. The fraction of sp³-hybridized carbons (Fsp3) is 0.440. The first-order chi connectivity index (χ1) is 16.6. The number of carbonyl (C=O) groups excluding carboxylic acids is 2. The van der Waals surface area contributed by atoms with Gasteiger partial charge in [-0.15, -0.1) is 0 Å². The minimum Gasteiger partial charge on any atom is -0.495 e. The van der Waals surface area contributed by atoms with Gasteiger partial charge in [0.2, 0.25) is 21.8 Å². The predicted molar refractivity (Wildman–Crippen MR) is 139 cm³/mol. The molecule has 0 saturated carbocycles. The summed E-state index contributed by atoms with van der Waals surface area (Å²) < 4.78 is 31.8. The number of nitrogens with one attached hydrogen (secondary N) is 1. The van der Waals surface area contributed by atoms with Crippen molar-refractivity contribution in [3.05, 3.63) is 59.1 Å². The lowest BCUT2D eigenvalue weighted by Crippen LogP contribution is -2.53. The van der Waals surface area contributed by atoms with Gasteiger partial charge in [-0.05, 0) is 43.0 Å². The molecule has 1 N–H and O–H groups in total. The minimum atomic E-state index is -3.88. The number of anilines is 1. The maximum Gasteiger partial charge on any atom is 0.244 e. The largest absolute Gasteiger partial charge is 0.495 e. The van der Waals surface area contributed by atoms with E-state index in [1.54, 1.807) is 12.1 Å². The topological polar surface area (TPSA) is 96.0 Å². The molecule has 0 radical (unpaired) electrons. The lowest BCUT2D eigenvalue weighted by Gasteiger charge is -2.33. The summed E-state index contributed by atoms with van der Waals surface area (Å²) in [6, 6.07) is 13.4. The molecule has 0 aromatic heterocycles.